The number of benzene rings is 2. The average molecular weight is 298 g/mol. The molecular formula is C16H14N2O4. The van der Waals surface area contributed by atoms with Crippen LogP contribution in [-0.2, 0) is 11.2 Å². The maximum Gasteiger partial charge on any atom is 0.335 e. The smallest absolute Gasteiger partial charge is 0.335 e. The van der Waals surface area contributed by atoms with Crippen LogP contribution < -0.4 is 0 Å². The Hall–Kier alpha value is -3.02. The summed E-state index contributed by atoms with van der Waals surface area (Å²) < 4.78 is 0. The Morgan fingerprint density at radius 3 is 2.23 bits per heavy atom. The number of hydrogen-bond acceptors (Lipinski definition) is 4. The summed E-state index contributed by atoms with van der Waals surface area (Å²) in [7, 11) is 0. The average Bonchev–Trinajstić information content (AvgIpc) is 2.52. The molecule has 2 aromatic rings. The number of rotatable bonds is 6. The minimum absolute atomic E-state index is 0.0276. The SMILES string of the molecule is O=C(O)CCc1ccccc1/N=N/c1ccc(C(=O)O)cc1. The molecule has 0 saturated carbocycles. The highest BCUT2D eigenvalue weighted by molar-refractivity contribution is 5.87. The molecule has 0 aliphatic carbocycles. The van der Waals surface area contributed by atoms with Crippen molar-refractivity contribution in [3.63, 3.8) is 0 Å². The molecule has 0 spiro atoms. The summed E-state index contributed by atoms with van der Waals surface area (Å²) in [5.74, 6) is -1.86. The molecule has 0 aliphatic heterocycles. The molecule has 2 aromatic carbocycles. The number of carboxylic acids is 2. The summed E-state index contributed by atoms with van der Waals surface area (Å²) in [4.78, 5) is 21.4. The molecule has 2 N–H and O–H groups in total. The number of nitrogens with zero attached hydrogens (tertiary/aromatic N) is 2. The molecule has 0 amide bonds. The Kier molecular flexibility index (Phi) is 4.98. The van der Waals surface area contributed by atoms with Gasteiger partial charge in [-0.25, -0.2) is 4.79 Å². The second kappa shape index (κ2) is 7.12. The molecule has 0 unspecified atom stereocenters. The number of aryl methyl sites for hydroxylation is 1. The van der Waals surface area contributed by atoms with E-state index in [1.54, 1.807) is 24.3 Å². The first-order valence-electron chi connectivity index (χ1n) is 6.61. The Balaban J connectivity index is 2.15. The highest BCUT2D eigenvalue weighted by atomic mass is 16.4. The Morgan fingerprint density at radius 1 is 0.909 bits per heavy atom. The van der Waals surface area contributed by atoms with Crippen molar-refractivity contribution in [3.05, 3.63) is 59.7 Å². The third-order valence-corrected chi connectivity index (χ3v) is 2.99. The lowest BCUT2D eigenvalue weighted by Gasteiger charge is -2.02. The van der Waals surface area contributed by atoms with Gasteiger partial charge in [0, 0.05) is 6.42 Å². The number of hydrogen-bond donors (Lipinski definition) is 2. The lowest BCUT2D eigenvalue weighted by Crippen LogP contribution is -1.97. The van der Waals surface area contributed by atoms with Crippen LogP contribution >= 0.6 is 0 Å². The summed E-state index contributed by atoms with van der Waals surface area (Å²) in [6, 6.07) is 13.2. The third kappa shape index (κ3) is 4.24. The van der Waals surface area contributed by atoms with Crippen LogP contribution in [0.25, 0.3) is 0 Å². The van der Waals surface area contributed by atoms with Crippen molar-refractivity contribution in [3.8, 4) is 0 Å². The van der Waals surface area contributed by atoms with Crippen LogP contribution in [0.2, 0.25) is 0 Å². The number of carboxylic acid groups (broad SMARTS) is 2. The molecule has 0 saturated heterocycles. The van der Waals surface area contributed by atoms with E-state index in [4.69, 9.17) is 10.2 Å². The summed E-state index contributed by atoms with van der Waals surface area (Å²) in [5, 5.41) is 25.7. The Labute approximate surface area is 126 Å². The maximum atomic E-state index is 10.8. The topological polar surface area (TPSA) is 99.3 Å². The van der Waals surface area contributed by atoms with Gasteiger partial charge < -0.3 is 10.2 Å². The number of aromatic carboxylic acids is 1. The van der Waals surface area contributed by atoms with E-state index in [9.17, 15) is 9.59 Å². The van der Waals surface area contributed by atoms with Crippen molar-refractivity contribution >= 4 is 23.3 Å². The molecule has 0 radical (unpaired) electrons. The minimum atomic E-state index is -0.998. The fourth-order valence-corrected chi connectivity index (χ4v) is 1.84. The zero-order valence-electron chi connectivity index (χ0n) is 11.6. The molecule has 6 nitrogen and oxygen atoms in total. The second-order valence-corrected chi connectivity index (χ2v) is 4.57. The van der Waals surface area contributed by atoms with Crippen LogP contribution in [0.3, 0.4) is 0 Å². The van der Waals surface area contributed by atoms with Gasteiger partial charge in [-0.1, -0.05) is 18.2 Å². The van der Waals surface area contributed by atoms with Crippen LogP contribution in [0.1, 0.15) is 22.3 Å². The van der Waals surface area contributed by atoms with Crippen molar-refractivity contribution < 1.29 is 19.8 Å². The lowest BCUT2D eigenvalue weighted by atomic mass is 10.1. The first-order valence-corrected chi connectivity index (χ1v) is 6.61. The van der Waals surface area contributed by atoms with Crippen LogP contribution in [0.15, 0.2) is 58.8 Å². The molecule has 0 bridgehead atoms. The van der Waals surface area contributed by atoms with E-state index >= 15 is 0 Å². The minimum Gasteiger partial charge on any atom is -0.481 e. The van der Waals surface area contributed by atoms with Crippen molar-refractivity contribution in [2.75, 3.05) is 0 Å². The van der Waals surface area contributed by atoms with E-state index < -0.39 is 11.9 Å². The molecule has 2 rings (SSSR count). The van der Waals surface area contributed by atoms with Gasteiger partial charge >= 0.3 is 11.9 Å². The first kappa shape index (κ1) is 15.4. The molecule has 0 aliphatic rings. The van der Waals surface area contributed by atoms with Crippen LogP contribution in [0.5, 0.6) is 0 Å². The van der Waals surface area contributed by atoms with Crippen molar-refractivity contribution in [2.24, 2.45) is 10.2 Å². The molecule has 112 valence electrons. The number of aliphatic carboxylic acids is 1. The van der Waals surface area contributed by atoms with Gasteiger partial charge in [0.15, 0.2) is 0 Å². The fraction of sp³-hybridized carbons (Fsp3) is 0.125. The van der Waals surface area contributed by atoms with Gasteiger partial charge in [0.2, 0.25) is 0 Å². The van der Waals surface area contributed by atoms with Gasteiger partial charge in [0.1, 0.15) is 0 Å². The standard InChI is InChI=1S/C16H14N2O4/c19-15(20)10-7-11-3-1-2-4-14(11)18-17-13-8-5-12(6-9-13)16(21)22/h1-6,8-9H,7,10H2,(H,19,20)(H,21,22)/b18-17+. The zero-order valence-corrected chi connectivity index (χ0v) is 11.6. The predicted octanol–water partition coefficient (Wildman–Crippen LogP) is 3.82. The van der Waals surface area contributed by atoms with Crippen molar-refractivity contribution in [1.29, 1.82) is 0 Å². The van der Waals surface area contributed by atoms with Gasteiger partial charge in [-0.05, 0) is 42.3 Å². The van der Waals surface area contributed by atoms with Crippen molar-refractivity contribution in [2.45, 2.75) is 12.8 Å². The first-order chi connectivity index (χ1) is 10.6. The van der Waals surface area contributed by atoms with Gasteiger partial charge in [-0.3, -0.25) is 4.79 Å². The zero-order chi connectivity index (χ0) is 15.9. The van der Waals surface area contributed by atoms with E-state index in [0.717, 1.165) is 5.56 Å². The van der Waals surface area contributed by atoms with Gasteiger partial charge in [0.05, 0.1) is 16.9 Å². The second-order valence-electron chi connectivity index (χ2n) is 4.57. The quantitative estimate of drug-likeness (QED) is 0.792. The van der Waals surface area contributed by atoms with E-state index in [2.05, 4.69) is 10.2 Å². The fourth-order valence-electron chi connectivity index (χ4n) is 1.84. The summed E-state index contributed by atoms with van der Waals surface area (Å²) in [6.07, 6.45) is 0.405. The summed E-state index contributed by atoms with van der Waals surface area (Å²) >= 11 is 0. The highest BCUT2D eigenvalue weighted by Crippen LogP contribution is 2.23. The number of carbonyl (C=O) groups is 2. The maximum absolute atomic E-state index is 10.8. The largest absolute Gasteiger partial charge is 0.481 e. The van der Waals surface area contributed by atoms with Crippen LogP contribution in [0.4, 0.5) is 11.4 Å². The molecule has 6 heteroatoms. The lowest BCUT2D eigenvalue weighted by molar-refractivity contribution is -0.136. The summed E-state index contributed by atoms with van der Waals surface area (Å²) in [5.41, 5.74) is 2.11. The van der Waals surface area contributed by atoms with E-state index in [1.807, 2.05) is 12.1 Å². The predicted molar refractivity (Wildman–Crippen MR) is 80.0 cm³/mol. The Bertz CT molecular complexity index is 708. The molecule has 22 heavy (non-hydrogen) atoms. The molecule has 0 heterocycles. The third-order valence-electron chi connectivity index (χ3n) is 2.99. The normalized spacial score (nSPS) is 10.7. The molecule has 0 atom stereocenters. The summed E-state index contributed by atoms with van der Waals surface area (Å²) in [6.45, 7) is 0. The van der Waals surface area contributed by atoms with Gasteiger partial charge in [-0.15, -0.1) is 0 Å². The van der Waals surface area contributed by atoms with E-state index in [-0.39, 0.29) is 12.0 Å². The highest BCUT2D eigenvalue weighted by Gasteiger charge is 2.04. The van der Waals surface area contributed by atoms with Crippen LogP contribution in [-0.4, -0.2) is 22.2 Å². The van der Waals surface area contributed by atoms with Crippen LogP contribution in [0, 0.1) is 0 Å². The van der Waals surface area contributed by atoms with Gasteiger partial charge in [0.25, 0.3) is 0 Å². The van der Waals surface area contributed by atoms with E-state index in [0.29, 0.717) is 17.8 Å². The Morgan fingerprint density at radius 2 is 1.59 bits per heavy atom. The molecular weight excluding hydrogens is 284 g/mol. The van der Waals surface area contributed by atoms with Gasteiger partial charge in [-0.2, -0.15) is 10.2 Å². The molecule has 0 fully saturated rings. The monoisotopic (exact) mass is 298 g/mol. The number of azo groups is 1. The van der Waals surface area contributed by atoms with Crippen molar-refractivity contribution in [1.82, 2.24) is 0 Å². The van der Waals surface area contributed by atoms with E-state index in [1.165, 1.54) is 12.1 Å². The molecule has 0 aromatic heterocycles.